The van der Waals surface area contributed by atoms with E-state index in [9.17, 15) is 24.5 Å². The molecule has 3 aromatic carbocycles. The van der Waals surface area contributed by atoms with Crippen molar-refractivity contribution in [3.63, 3.8) is 0 Å². The van der Waals surface area contributed by atoms with Crippen molar-refractivity contribution in [2.75, 3.05) is 11.4 Å². The Labute approximate surface area is 222 Å². The number of nitrogens with zero attached hydrogens (tertiary/aromatic N) is 7. The van der Waals surface area contributed by atoms with Crippen molar-refractivity contribution in [2.45, 2.75) is 24.5 Å². The fourth-order valence-corrected chi connectivity index (χ4v) is 5.02. The molecule has 1 saturated heterocycles. The molecule has 12 heteroatoms. The molecule has 3 heterocycles. The molecule has 0 saturated carbocycles. The molecule has 1 fully saturated rings. The number of benzene rings is 3. The summed E-state index contributed by atoms with van der Waals surface area (Å²) in [6, 6.07) is 21.7. The molecule has 3 atom stereocenters. The zero-order chi connectivity index (χ0) is 27.1. The summed E-state index contributed by atoms with van der Waals surface area (Å²) in [4.78, 5) is 51.3. The Morgan fingerprint density at radius 2 is 1.59 bits per heavy atom. The van der Waals surface area contributed by atoms with Gasteiger partial charge in [-0.3, -0.25) is 29.5 Å². The maximum absolute atomic E-state index is 13.6. The molecule has 3 aliphatic rings. The number of fused-ring (bicyclic) bond motifs is 1. The Balaban J connectivity index is 1.24. The van der Waals surface area contributed by atoms with E-state index in [2.05, 4.69) is 15.4 Å². The van der Waals surface area contributed by atoms with E-state index in [1.165, 1.54) is 34.3 Å². The van der Waals surface area contributed by atoms with Crippen LogP contribution in [-0.2, 0) is 14.4 Å². The van der Waals surface area contributed by atoms with Gasteiger partial charge < -0.3 is 0 Å². The van der Waals surface area contributed by atoms with Crippen LogP contribution in [0, 0.1) is 10.1 Å². The number of hydrazone groups is 1. The molecule has 0 aromatic heterocycles. The number of amides is 3. The van der Waals surface area contributed by atoms with Gasteiger partial charge in [-0.05, 0) is 23.3 Å². The number of imide groups is 1. The topological polar surface area (TPSA) is 141 Å². The molecule has 0 radical (unpaired) electrons. The molecular formula is C27H21N7O5. The zero-order valence-corrected chi connectivity index (χ0v) is 20.4. The summed E-state index contributed by atoms with van der Waals surface area (Å²) in [6.45, 7) is -0.313. The SMILES string of the molecule is O=C1[C@@H]2N=NN(CC(=O)N3N=C(c4ccccc4)C[C@H]3c3ccccc3)[C@H]2C(=O)N1c1ccc([N+](=O)[O-])cc1. The number of non-ortho nitro benzene ring substituents is 1. The number of nitro groups is 1. The molecular weight excluding hydrogens is 502 g/mol. The lowest BCUT2D eigenvalue weighted by atomic mass is 9.98. The van der Waals surface area contributed by atoms with Crippen LogP contribution in [0.4, 0.5) is 11.4 Å². The summed E-state index contributed by atoms with van der Waals surface area (Å²) in [5.74, 6) is -1.61. The Hall–Kier alpha value is -5.26. The molecule has 0 N–H and O–H groups in total. The first-order valence-corrected chi connectivity index (χ1v) is 12.2. The van der Waals surface area contributed by atoms with Gasteiger partial charge in [-0.25, -0.2) is 9.91 Å². The Morgan fingerprint density at radius 3 is 2.26 bits per heavy atom. The number of carbonyl (C=O) groups excluding carboxylic acids is 3. The van der Waals surface area contributed by atoms with Gasteiger partial charge in [0.25, 0.3) is 23.4 Å². The minimum Gasteiger partial charge on any atom is -0.271 e. The Morgan fingerprint density at radius 1 is 0.923 bits per heavy atom. The van der Waals surface area contributed by atoms with Crippen LogP contribution >= 0.6 is 0 Å². The molecule has 0 aliphatic carbocycles. The van der Waals surface area contributed by atoms with Crippen molar-refractivity contribution in [1.82, 2.24) is 10.0 Å². The highest BCUT2D eigenvalue weighted by Crippen LogP contribution is 2.35. The summed E-state index contributed by atoms with van der Waals surface area (Å²) in [5.41, 5.74) is 2.60. The summed E-state index contributed by atoms with van der Waals surface area (Å²) in [5, 5.41) is 26.2. The van der Waals surface area contributed by atoms with Gasteiger partial charge in [-0.1, -0.05) is 65.9 Å². The average Bonchev–Trinajstić information content (AvgIpc) is 3.65. The van der Waals surface area contributed by atoms with E-state index in [-0.39, 0.29) is 24.0 Å². The van der Waals surface area contributed by atoms with Gasteiger partial charge in [-0.2, -0.15) is 10.2 Å². The van der Waals surface area contributed by atoms with E-state index >= 15 is 0 Å². The largest absolute Gasteiger partial charge is 0.271 e. The fraction of sp³-hybridized carbons (Fsp3) is 0.185. The molecule has 0 unspecified atom stereocenters. The monoisotopic (exact) mass is 523 g/mol. The van der Waals surface area contributed by atoms with Crippen molar-refractivity contribution >= 4 is 34.8 Å². The van der Waals surface area contributed by atoms with E-state index < -0.39 is 34.7 Å². The van der Waals surface area contributed by atoms with Crippen LogP contribution in [0.2, 0.25) is 0 Å². The van der Waals surface area contributed by atoms with Crippen LogP contribution in [0.1, 0.15) is 23.6 Å². The highest BCUT2D eigenvalue weighted by Gasteiger charge is 2.55. The first-order chi connectivity index (χ1) is 18.9. The second kappa shape index (κ2) is 9.56. The predicted molar refractivity (Wildman–Crippen MR) is 138 cm³/mol. The quantitative estimate of drug-likeness (QED) is 0.276. The summed E-state index contributed by atoms with van der Waals surface area (Å²) in [7, 11) is 0. The molecule has 194 valence electrons. The van der Waals surface area contributed by atoms with Crippen molar-refractivity contribution in [3.8, 4) is 0 Å². The number of nitro benzene ring substituents is 1. The predicted octanol–water partition coefficient (Wildman–Crippen LogP) is 3.27. The van der Waals surface area contributed by atoms with Gasteiger partial charge in [0.05, 0.1) is 22.4 Å². The van der Waals surface area contributed by atoms with E-state index in [1.807, 2.05) is 60.7 Å². The van der Waals surface area contributed by atoms with Gasteiger partial charge in [0, 0.05) is 18.6 Å². The van der Waals surface area contributed by atoms with E-state index in [0.717, 1.165) is 21.7 Å². The van der Waals surface area contributed by atoms with Crippen LogP contribution in [-0.4, -0.2) is 57.0 Å². The second-order valence-electron chi connectivity index (χ2n) is 9.26. The maximum atomic E-state index is 13.6. The fourth-order valence-electron chi connectivity index (χ4n) is 5.02. The molecule has 39 heavy (non-hydrogen) atoms. The molecule has 0 bridgehead atoms. The lowest BCUT2D eigenvalue weighted by Gasteiger charge is -2.25. The van der Waals surface area contributed by atoms with E-state index in [0.29, 0.717) is 6.42 Å². The number of anilines is 1. The van der Waals surface area contributed by atoms with Gasteiger partial charge in [0.2, 0.25) is 0 Å². The maximum Gasteiger partial charge on any atom is 0.269 e. The van der Waals surface area contributed by atoms with Gasteiger partial charge >= 0.3 is 0 Å². The molecule has 12 nitrogen and oxygen atoms in total. The molecule has 3 amide bonds. The Kier molecular flexibility index (Phi) is 5.91. The third-order valence-corrected chi connectivity index (χ3v) is 6.93. The third kappa shape index (κ3) is 4.21. The first-order valence-electron chi connectivity index (χ1n) is 12.2. The standard InChI is InChI=1S/C27H21N7O5/c35-23(33-22(18-9-5-2-6-10-18)15-21(29-33)17-7-3-1-4-8-17)16-31-25-24(28-30-31)26(36)32(27(25)37)19-11-13-20(14-12-19)34(38)39/h1-14,22,24-25H,15-16H2/t22-,24+,25+/m0/s1. The highest BCUT2D eigenvalue weighted by molar-refractivity contribution is 6.25. The van der Waals surface area contributed by atoms with Crippen LogP contribution in [0.3, 0.4) is 0 Å². The normalized spacial score (nSPS) is 21.9. The molecule has 6 rings (SSSR count). The number of hydrogen-bond donors (Lipinski definition) is 0. The smallest absolute Gasteiger partial charge is 0.269 e. The highest BCUT2D eigenvalue weighted by atomic mass is 16.6. The minimum atomic E-state index is -1.10. The van der Waals surface area contributed by atoms with Crippen LogP contribution in [0.5, 0.6) is 0 Å². The van der Waals surface area contributed by atoms with Gasteiger partial charge in [0.1, 0.15) is 6.54 Å². The van der Waals surface area contributed by atoms with Crippen molar-refractivity contribution in [1.29, 1.82) is 0 Å². The average molecular weight is 524 g/mol. The Bertz CT molecular complexity index is 1530. The molecule has 0 spiro atoms. The van der Waals surface area contributed by atoms with Gasteiger partial charge in [-0.15, -0.1) is 0 Å². The van der Waals surface area contributed by atoms with Crippen molar-refractivity contribution in [2.24, 2.45) is 15.4 Å². The number of hydrogen-bond acceptors (Lipinski definition) is 9. The summed E-state index contributed by atoms with van der Waals surface area (Å²) >= 11 is 0. The van der Waals surface area contributed by atoms with Crippen molar-refractivity contribution in [3.05, 3.63) is 106 Å². The minimum absolute atomic E-state index is 0.168. The zero-order valence-electron chi connectivity index (χ0n) is 20.4. The number of carbonyl (C=O) groups is 3. The lowest BCUT2D eigenvalue weighted by molar-refractivity contribution is -0.384. The van der Waals surface area contributed by atoms with Crippen LogP contribution in [0.25, 0.3) is 0 Å². The van der Waals surface area contributed by atoms with E-state index in [1.54, 1.807) is 0 Å². The van der Waals surface area contributed by atoms with Crippen molar-refractivity contribution < 1.29 is 19.3 Å². The summed E-state index contributed by atoms with van der Waals surface area (Å²) < 4.78 is 0. The molecule has 3 aromatic rings. The lowest BCUT2D eigenvalue weighted by Crippen LogP contribution is -2.44. The number of rotatable bonds is 6. The van der Waals surface area contributed by atoms with Crippen LogP contribution < -0.4 is 4.90 Å². The molecule has 3 aliphatic heterocycles. The third-order valence-electron chi connectivity index (χ3n) is 6.93. The first kappa shape index (κ1) is 24.1. The second-order valence-corrected chi connectivity index (χ2v) is 9.26. The summed E-state index contributed by atoms with van der Waals surface area (Å²) in [6.07, 6.45) is 0.513. The van der Waals surface area contributed by atoms with E-state index in [4.69, 9.17) is 0 Å². The van der Waals surface area contributed by atoms with Crippen LogP contribution in [0.15, 0.2) is 100 Å². The van der Waals surface area contributed by atoms with Gasteiger partial charge in [0.15, 0.2) is 12.1 Å².